The molecule has 27 heavy (non-hydrogen) atoms. The van der Waals surface area contributed by atoms with Crippen molar-refractivity contribution >= 4 is 34.6 Å². The van der Waals surface area contributed by atoms with Crippen LogP contribution in [-0.2, 0) is 4.79 Å². The predicted octanol–water partition coefficient (Wildman–Crippen LogP) is 1.20. The van der Waals surface area contributed by atoms with Crippen LogP contribution in [-0.4, -0.2) is 18.8 Å². The summed E-state index contributed by atoms with van der Waals surface area (Å²) in [5, 5.41) is 0.406. The molecule has 142 valence electrons. The number of benzene rings is 1. The molecule has 7 nitrogen and oxygen atoms in total. The zero-order chi connectivity index (χ0) is 20.1. The first-order valence-corrected chi connectivity index (χ1v) is 8.75. The number of carbonyl (C=O) groups excluding carboxylic acids is 1. The van der Waals surface area contributed by atoms with Crippen LogP contribution in [0, 0.1) is 11.8 Å². The number of allylic oxidation sites excluding steroid dienone is 3. The lowest BCUT2D eigenvalue weighted by molar-refractivity contribution is -0.114. The Hall–Kier alpha value is -3.11. The molecule has 1 aromatic carbocycles. The molecule has 0 aromatic heterocycles. The Morgan fingerprint density at radius 1 is 1.15 bits per heavy atom. The number of nitrogens with two attached hydrogens (primary N) is 5. The van der Waals surface area contributed by atoms with E-state index < -0.39 is 5.91 Å². The van der Waals surface area contributed by atoms with E-state index in [-0.39, 0.29) is 17.1 Å². The molecule has 8 heteroatoms. The van der Waals surface area contributed by atoms with E-state index in [1.807, 2.05) is 0 Å². The van der Waals surface area contributed by atoms with Gasteiger partial charge in [0.1, 0.15) is 11.4 Å². The molecule has 10 N–H and O–H groups in total. The number of carbonyl (C=O) groups is 1. The Kier molecular flexibility index (Phi) is 6.37. The molecular weight excluding hydrogens is 364 g/mol. The Balaban J connectivity index is 2.47. The van der Waals surface area contributed by atoms with E-state index in [9.17, 15) is 4.79 Å². The lowest BCUT2D eigenvalue weighted by Crippen LogP contribution is -2.29. The summed E-state index contributed by atoms with van der Waals surface area (Å²) in [7, 11) is 1.42. The van der Waals surface area contributed by atoms with Crippen LogP contribution in [0.4, 0.5) is 5.69 Å². The van der Waals surface area contributed by atoms with Crippen LogP contribution in [0.3, 0.4) is 0 Å². The third-order valence-corrected chi connectivity index (χ3v) is 4.63. The molecule has 1 amide bonds. The van der Waals surface area contributed by atoms with Crippen LogP contribution in [0.1, 0.15) is 36.8 Å². The maximum Gasteiger partial charge on any atom is 0.255 e. The minimum absolute atomic E-state index is 0.0880. The number of nitrogens with zero attached hydrogens (tertiary/aromatic N) is 1. The van der Waals surface area contributed by atoms with Crippen molar-refractivity contribution in [1.29, 1.82) is 0 Å². The molecule has 0 heterocycles. The van der Waals surface area contributed by atoms with Gasteiger partial charge in [-0.1, -0.05) is 17.5 Å². The number of anilines is 1. The second kappa shape index (κ2) is 8.52. The van der Waals surface area contributed by atoms with Crippen molar-refractivity contribution < 1.29 is 4.79 Å². The maximum atomic E-state index is 11.5. The summed E-state index contributed by atoms with van der Waals surface area (Å²) in [6, 6.07) is 3.42. The van der Waals surface area contributed by atoms with E-state index in [1.165, 1.54) is 7.05 Å². The number of amides is 1. The lowest BCUT2D eigenvalue weighted by atomic mass is 9.90. The average molecular weight is 387 g/mol. The number of amidine groups is 1. The number of hydrogen-bond donors (Lipinski definition) is 5. The summed E-state index contributed by atoms with van der Waals surface area (Å²) in [5.41, 5.74) is 32.6. The standard InChI is InChI=1S/C19H23ClN6O/c1-26-18(24)17(19(25)27)15(22)7-6-10-8-16(23)12(9-13(10)20)11-4-2-3-5-14(11)21/h8-9H,2-5,21-23H2,1H3,(H2,24,26)(H2,25,27)/b17-15+. The summed E-state index contributed by atoms with van der Waals surface area (Å²) in [5.74, 6) is 4.54. The summed E-state index contributed by atoms with van der Waals surface area (Å²) in [4.78, 5) is 15.2. The highest BCUT2D eigenvalue weighted by atomic mass is 35.5. The van der Waals surface area contributed by atoms with Gasteiger partial charge in [0.25, 0.3) is 5.91 Å². The molecule has 0 atom stereocenters. The second-order valence-corrected chi connectivity index (χ2v) is 6.55. The van der Waals surface area contributed by atoms with Crippen LogP contribution in [0.15, 0.2) is 34.1 Å². The molecule has 1 aliphatic carbocycles. The topological polar surface area (TPSA) is 160 Å². The first-order valence-electron chi connectivity index (χ1n) is 8.37. The normalized spacial score (nSPS) is 15.7. The molecule has 0 spiro atoms. The zero-order valence-electron chi connectivity index (χ0n) is 15.1. The van der Waals surface area contributed by atoms with E-state index in [0.717, 1.165) is 42.5 Å². The third kappa shape index (κ3) is 4.54. The Labute approximate surface area is 163 Å². The molecule has 1 aliphatic rings. The van der Waals surface area contributed by atoms with Crippen molar-refractivity contribution in [2.24, 2.45) is 27.9 Å². The number of primary amides is 1. The van der Waals surface area contributed by atoms with Gasteiger partial charge in [-0.15, -0.1) is 0 Å². The first kappa shape index (κ1) is 20.2. The van der Waals surface area contributed by atoms with Crippen LogP contribution >= 0.6 is 11.6 Å². The maximum absolute atomic E-state index is 11.5. The van der Waals surface area contributed by atoms with Crippen molar-refractivity contribution in [3.05, 3.63) is 45.2 Å². The molecule has 2 rings (SSSR count). The Bertz CT molecular complexity index is 933. The summed E-state index contributed by atoms with van der Waals surface area (Å²) in [6.07, 6.45) is 3.85. The SMILES string of the molecule is CN=C(N)/C(C(N)=O)=C(\N)C#Cc1cc(N)c(C2=C(N)CCCC2)cc1Cl. The third-order valence-electron chi connectivity index (χ3n) is 4.32. The highest BCUT2D eigenvalue weighted by Crippen LogP contribution is 2.35. The van der Waals surface area contributed by atoms with Crippen molar-refractivity contribution in [3.63, 3.8) is 0 Å². The highest BCUT2D eigenvalue weighted by molar-refractivity contribution is 6.32. The number of nitrogen functional groups attached to an aromatic ring is 1. The van der Waals surface area contributed by atoms with Crippen molar-refractivity contribution in [2.45, 2.75) is 25.7 Å². The number of rotatable bonds is 3. The summed E-state index contributed by atoms with van der Waals surface area (Å²) in [6.45, 7) is 0. The van der Waals surface area contributed by atoms with Crippen LogP contribution < -0.4 is 28.7 Å². The number of aliphatic imine (C=N–C) groups is 1. The predicted molar refractivity (Wildman–Crippen MR) is 110 cm³/mol. The van der Waals surface area contributed by atoms with Crippen molar-refractivity contribution in [1.82, 2.24) is 0 Å². The highest BCUT2D eigenvalue weighted by Gasteiger charge is 2.16. The molecule has 0 aliphatic heterocycles. The number of halogens is 1. The first-order chi connectivity index (χ1) is 12.8. The van der Waals surface area contributed by atoms with Gasteiger partial charge < -0.3 is 28.7 Å². The van der Waals surface area contributed by atoms with Gasteiger partial charge in [0.15, 0.2) is 0 Å². The van der Waals surface area contributed by atoms with E-state index >= 15 is 0 Å². The van der Waals surface area contributed by atoms with Gasteiger partial charge in [0, 0.05) is 29.6 Å². The molecule has 0 saturated heterocycles. The Morgan fingerprint density at radius 3 is 2.41 bits per heavy atom. The van der Waals surface area contributed by atoms with Gasteiger partial charge in [0.2, 0.25) is 0 Å². The molecule has 0 fully saturated rings. The van der Waals surface area contributed by atoms with E-state index in [0.29, 0.717) is 16.3 Å². The molecule has 0 unspecified atom stereocenters. The summed E-state index contributed by atoms with van der Waals surface area (Å²) >= 11 is 6.37. The van der Waals surface area contributed by atoms with Gasteiger partial charge in [-0.05, 0) is 49.3 Å². The van der Waals surface area contributed by atoms with E-state index in [1.54, 1.807) is 12.1 Å². The van der Waals surface area contributed by atoms with Crippen molar-refractivity contribution in [3.8, 4) is 11.8 Å². The van der Waals surface area contributed by atoms with Gasteiger partial charge in [-0.25, -0.2) is 0 Å². The molecule has 0 radical (unpaired) electrons. The Morgan fingerprint density at radius 2 is 1.81 bits per heavy atom. The molecule has 0 bridgehead atoms. The minimum Gasteiger partial charge on any atom is -0.402 e. The summed E-state index contributed by atoms with van der Waals surface area (Å²) < 4.78 is 0. The van der Waals surface area contributed by atoms with Crippen LogP contribution in [0.25, 0.3) is 5.57 Å². The fourth-order valence-corrected chi connectivity index (χ4v) is 3.10. The zero-order valence-corrected chi connectivity index (χ0v) is 15.9. The average Bonchev–Trinajstić information content (AvgIpc) is 2.62. The fourth-order valence-electron chi connectivity index (χ4n) is 2.89. The quantitative estimate of drug-likeness (QED) is 0.173. The van der Waals surface area contributed by atoms with Crippen molar-refractivity contribution in [2.75, 3.05) is 12.8 Å². The molecule has 1 aromatic rings. The monoisotopic (exact) mass is 386 g/mol. The van der Waals surface area contributed by atoms with Gasteiger partial charge in [-0.2, -0.15) is 0 Å². The second-order valence-electron chi connectivity index (χ2n) is 6.14. The van der Waals surface area contributed by atoms with Gasteiger partial charge in [-0.3, -0.25) is 9.79 Å². The molecular formula is C19H23ClN6O. The smallest absolute Gasteiger partial charge is 0.255 e. The fraction of sp³-hybridized carbons (Fsp3) is 0.263. The van der Waals surface area contributed by atoms with E-state index in [2.05, 4.69) is 16.8 Å². The van der Waals surface area contributed by atoms with E-state index in [4.69, 9.17) is 40.3 Å². The van der Waals surface area contributed by atoms with Crippen LogP contribution in [0.5, 0.6) is 0 Å². The molecule has 0 saturated carbocycles. The largest absolute Gasteiger partial charge is 0.402 e. The lowest BCUT2D eigenvalue weighted by Gasteiger charge is -2.19. The van der Waals surface area contributed by atoms with Gasteiger partial charge >= 0.3 is 0 Å². The van der Waals surface area contributed by atoms with Crippen LogP contribution in [0.2, 0.25) is 5.02 Å². The van der Waals surface area contributed by atoms with Gasteiger partial charge in [0.05, 0.1) is 10.7 Å². The number of hydrogen-bond acceptors (Lipinski definition) is 5. The minimum atomic E-state index is -0.814.